The molecule has 0 N–H and O–H groups in total. The van der Waals surface area contributed by atoms with Crippen molar-refractivity contribution in [2.24, 2.45) is 0 Å². The van der Waals surface area contributed by atoms with Crippen LogP contribution in [0.1, 0.15) is 24.8 Å². The maximum atomic E-state index is 12.9. The highest BCUT2D eigenvalue weighted by atomic mass is 32.2. The minimum Gasteiger partial charge on any atom is -0.493 e. The highest BCUT2D eigenvalue weighted by Gasteiger charge is 2.23. The molecule has 2 aromatic carbocycles. The smallest absolute Gasteiger partial charge is 0.243 e. The lowest BCUT2D eigenvalue weighted by Crippen LogP contribution is -2.29. The Morgan fingerprint density at radius 1 is 0.929 bits per heavy atom. The molecular weight excluding hydrogens is 376 g/mol. The normalized spacial score (nSPS) is 14.9. The Bertz CT molecular complexity index is 891. The molecule has 3 rings (SSSR count). The molecule has 0 atom stereocenters. The first-order chi connectivity index (χ1) is 13.5. The molecule has 6 nitrogen and oxygen atoms in total. The van der Waals surface area contributed by atoms with E-state index in [0.717, 1.165) is 18.7 Å². The van der Waals surface area contributed by atoms with Crippen molar-refractivity contribution in [3.05, 3.63) is 48.0 Å². The molecule has 1 fully saturated rings. The van der Waals surface area contributed by atoms with Crippen LogP contribution < -0.4 is 14.4 Å². The zero-order valence-corrected chi connectivity index (χ0v) is 17.5. The fourth-order valence-corrected chi connectivity index (χ4v) is 4.64. The van der Waals surface area contributed by atoms with Gasteiger partial charge < -0.3 is 14.4 Å². The predicted molar refractivity (Wildman–Crippen MR) is 111 cm³/mol. The first-order valence-electron chi connectivity index (χ1n) is 9.48. The number of benzene rings is 2. The Balaban J connectivity index is 1.73. The van der Waals surface area contributed by atoms with Gasteiger partial charge in [-0.2, -0.15) is 4.31 Å². The third-order valence-electron chi connectivity index (χ3n) is 5.13. The van der Waals surface area contributed by atoms with Gasteiger partial charge in [-0.15, -0.1) is 0 Å². The van der Waals surface area contributed by atoms with Crippen molar-refractivity contribution in [1.29, 1.82) is 0 Å². The summed E-state index contributed by atoms with van der Waals surface area (Å²) in [4.78, 5) is 2.56. The van der Waals surface area contributed by atoms with Gasteiger partial charge >= 0.3 is 0 Å². The predicted octanol–water partition coefficient (Wildman–Crippen LogP) is 3.51. The molecule has 0 bridgehead atoms. The monoisotopic (exact) mass is 404 g/mol. The van der Waals surface area contributed by atoms with Gasteiger partial charge in [-0.1, -0.05) is 12.1 Å². The van der Waals surface area contributed by atoms with Crippen LogP contribution in [-0.4, -0.2) is 47.1 Å². The molecule has 0 radical (unpaired) electrons. The molecule has 0 spiro atoms. The number of hydrogen-bond acceptors (Lipinski definition) is 5. The Labute approximate surface area is 167 Å². The van der Waals surface area contributed by atoms with Gasteiger partial charge in [0.1, 0.15) is 0 Å². The number of piperidine rings is 1. The fraction of sp³-hybridized carbons (Fsp3) is 0.429. The molecule has 0 aliphatic carbocycles. The van der Waals surface area contributed by atoms with Gasteiger partial charge in [0, 0.05) is 38.4 Å². The van der Waals surface area contributed by atoms with Crippen LogP contribution in [0.2, 0.25) is 0 Å². The second-order valence-corrected chi connectivity index (χ2v) is 9.04. The quantitative estimate of drug-likeness (QED) is 0.707. The zero-order chi connectivity index (χ0) is 20.1. The molecule has 0 amide bonds. The van der Waals surface area contributed by atoms with E-state index in [0.29, 0.717) is 18.0 Å². The first kappa shape index (κ1) is 20.5. The maximum absolute atomic E-state index is 12.9. The minimum atomic E-state index is -3.64. The number of nitrogens with zero attached hydrogens (tertiary/aromatic N) is 2. The molecule has 28 heavy (non-hydrogen) atoms. The largest absolute Gasteiger partial charge is 0.493 e. The van der Waals surface area contributed by atoms with Crippen LogP contribution in [0.5, 0.6) is 11.5 Å². The van der Waals surface area contributed by atoms with Crippen molar-refractivity contribution in [2.75, 3.05) is 39.3 Å². The number of anilines is 1. The van der Waals surface area contributed by atoms with Gasteiger partial charge in [0.15, 0.2) is 11.5 Å². The van der Waals surface area contributed by atoms with E-state index in [-0.39, 0.29) is 4.90 Å². The van der Waals surface area contributed by atoms with Crippen molar-refractivity contribution in [1.82, 2.24) is 4.31 Å². The van der Waals surface area contributed by atoms with Gasteiger partial charge in [-0.3, -0.25) is 0 Å². The van der Waals surface area contributed by atoms with E-state index in [9.17, 15) is 8.42 Å². The summed E-state index contributed by atoms with van der Waals surface area (Å²) in [7, 11) is 0.957. The summed E-state index contributed by atoms with van der Waals surface area (Å²) in [5, 5.41) is 0. The molecule has 2 aromatic rings. The van der Waals surface area contributed by atoms with E-state index in [1.807, 2.05) is 12.1 Å². The highest BCUT2D eigenvalue weighted by molar-refractivity contribution is 7.89. The Morgan fingerprint density at radius 3 is 2.18 bits per heavy atom. The molecule has 1 saturated heterocycles. The van der Waals surface area contributed by atoms with Crippen molar-refractivity contribution < 1.29 is 17.9 Å². The van der Waals surface area contributed by atoms with Crippen LogP contribution >= 0.6 is 0 Å². The molecule has 1 heterocycles. The standard InChI is InChI=1S/C21H28N2O4S/c1-22(28(24,25)19-11-12-20(26-2)21(15-19)27-3)16-17-7-9-18(10-8-17)23-13-5-4-6-14-23/h7-12,15H,4-6,13-14,16H2,1-3H3. The van der Waals surface area contributed by atoms with Crippen LogP contribution in [0.25, 0.3) is 0 Å². The lowest BCUT2D eigenvalue weighted by molar-refractivity contribution is 0.353. The number of sulfonamides is 1. The maximum Gasteiger partial charge on any atom is 0.243 e. The number of methoxy groups -OCH3 is 2. The van der Waals surface area contributed by atoms with Crippen molar-refractivity contribution >= 4 is 15.7 Å². The van der Waals surface area contributed by atoms with Gasteiger partial charge in [-0.25, -0.2) is 8.42 Å². The molecule has 1 aliphatic rings. The van der Waals surface area contributed by atoms with Crippen LogP contribution in [0, 0.1) is 0 Å². The van der Waals surface area contributed by atoms with Crippen molar-refractivity contribution in [3.63, 3.8) is 0 Å². The van der Waals surface area contributed by atoms with Crippen molar-refractivity contribution in [3.8, 4) is 11.5 Å². The SMILES string of the molecule is COc1ccc(S(=O)(=O)N(C)Cc2ccc(N3CCCCC3)cc2)cc1OC. The summed E-state index contributed by atoms with van der Waals surface area (Å²) in [5.74, 6) is 0.889. The van der Waals surface area contributed by atoms with Crippen LogP contribution in [0.4, 0.5) is 5.69 Å². The summed E-state index contributed by atoms with van der Waals surface area (Å²) < 4.78 is 37.6. The van der Waals surface area contributed by atoms with E-state index in [1.165, 1.54) is 55.6 Å². The summed E-state index contributed by atoms with van der Waals surface area (Å²) in [6.07, 6.45) is 3.76. The molecule has 1 aliphatic heterocycles. The number of rotatable bonds is 7. The Hall–Kier alpha value is -2.25. The molecule has 7 heteroatoms. The van der Waals surface area contributed by atoms with Gasteiger partial charge in [0.05, 0.1) is 19.1 Å². The third-order valence-corrected chi connectivity index (χ3v) is 6.93. The van der Waals surface area contributed by atoms with E-state index >= 15 is 0 Å². The van der Waals surface area contributed by atoms with E-state index in [1.54, 1.807) is 13.1 Å². The molecular formula is C21H28N2O4S. The molecule has 0 aromatic heterocycles. The second kappa shape index (κ2) is 8.84. The average Bonchev–Trinajstić information content (AvgIpc) is 2.74. The lowest BCUT2D eigenvalue weighted by Gasteiger charge is -2.29. The average molecular weight is 405 g/mol. The summed E-state index contributed by atoms with van der Waals surface area (Å²) in [6.45, 7) is 2.48. The van der Waals surface area contributed by atoms with Crippen LogP contribution in [0.3, 0.4) is 0 Å². The van der Waals surface area contributed by atoms with Gasteiger partial charge in [0.25, 0.3) is 0 Å². The van der Waals surface area contributed by atoms with E-state index < -0.39 is 10.0 Å². The van der Waals surface area contributed by atoms with E-state index in [4.69, 9.17) is 9.47 Å². The molecule has 0 unspecified atom stereocenters. The first-order valence-corrected chi connectivity index (χ1v) is 10.9. The number of hydrogen-bond donors (Lipinski definition) is 0. The van der Waals surface area contributed by atoms with E-state index in [2.05, 4.69) is 17.0 Å². The highest BCUT2D eigenvalue weighted by Crippen LogP contribution is 2.30. The van der Waals surface area contributed by atoms with Crippen LogP contribution in [-0.2, 0) is 16.6 Å². The van der Waals surface area contributed by atoms with Gasteiger partial charge in [-0.05, 0) is 49.1 Å². The summed E-state index contributed by atoms with van der Waals surface area (Å²) in [6, 6.07) is 12.8. The molecule has 152 valence electrons. The fourth-order valence-electron chi connectivity index (χ4n) is 3.46. The Kier molecular flexibility index (Phi) is 6.46. The minimum absolute atomic E-state index is 0.178. The second-order valence-electron chi connectivity index (χ2n) is 6.99. The van der Waals surface area contributed by atoms with Gasteiger partial charge in [0.2, 0.25) is 10.0 Å². The lowest BCUT2D eigenvalue weighted by atomic mass is 10.1. The summed E-state index contributed by atoms with van der Waals surface area (Å²) >= 11 is 0. The topological polar surface area (TPSA) is 59.1 Å². The summed E-state index contributed by atoms with van der Waals surface area (Å²) in [5.41, 5.74) is 2.15. The number of ether oxygens (including phenoxy) is 2. The van der Waals surface area contributed by atoms with Crippen LogP contribution in [0.15, 0.2) is 47.4 Å². The Morgan fingerprint density at radius 2 is 1.57 bits per heavy atom. The third kappa shape index (κ3) is 4.42. The van der Waals surface area contributed by atoms with Crippen molar-refractivity contribution in [2.45, 2.75) is 30.7 Å². The zero-order valence-electron chi connectivity index (χ0n) is 16.7. The molecule has 0 saturated carbocycles.